The van der Waals surface area contributed by atoms with Crippen molar-refractivity contribution in [3.8, 4) is 45.3 Å². The molecule has 4 heterocycles. The topological polar surface area (TPSA) is 212 Å². The molecule has 0 spiro atoms. The Morgan fingerprint density at radius 3 is 1.41 bits per heavy atom. The number of fused-ring (bicyclic) bond motifs is 2. The van der Waals surface area contributed by atoms with Crippen molar-refractivity contribution in [2.45, 2.75) is 0 Å². The minimum atomic E-state index is -0.727. The second-order valence-corrected chi connectivity index (χ2v) is 9.32. The van der Waals surface area contributed by atoms with Crippen LogP contribution in [0.1, 0.15) is 11.1 Å². The molecule has 6 rings (SSSR count). The lowest BCUT2D eigenvalue weighted by Crippen LogP contribution is -2.13. The number of nitrogens with zero attached hydrogens (tertiary/aromatic N) is 2. The van der Waals surface area contributed by atoms with Crippen molar-refractivity contribution in [3.05, 3.63) is 127 Å². The van der Waals surface area contributed by atoms with Crippen molar-refractivity contribution >= 4 is 23.5 Å². The van der Waals surface area contributed by atoms with Crippen molar-refractivity contribution < 1.29 is 38.9 Å². The summed E-state index contributed by atoms with van der Waals surface area (Å²) in [7, 11) is 0. The maximum Gasteiger partial charge on any atom is 0.346 e. The number of hydrogen-bond donors (Lipinski definition) is 4. The molecule has 14 heteroatoms. The van der Waals surface area contributed by atoms with Crippen LogP contribution in [0.15, 0.2) is 103 Å². The predicted octanol–water partition coefficient (Wildman–Crippen LogP) is 5.00. The molecule has 0 aliphatic carbocycles. The summed E-state index contributed by atoms with van der Waals surface area (Å²) in [5, 5.41) is 61.3. The van der Waals surface area contributed by atoms with Gasteiger partial charge < -0.3 is 49.4 Å². The van der Waals surface area contributed by atoms with Crippen LogP contribution >= 0.6 is 0 Å². The van der Waals surface area contributed by atoms with E-state index in [0.29, 0.717) is 0 Å². The van der Waals surface area contributed by atoms with Crippen LogP contribution in [0.5, 0.6) is 23.0 Å². The van der Waals surface area contributed by atoms with E-state index < -0.39 is 21.7 Å². The number of phenolic OH excluding ortho intramolecular Hbond substituents is 2. The zero-order chi connectivity index (χ0) is 31.1. The molecule has 0 fully saturated rings. The first-order valence-corrected chi connectivity index (χ1v) is 12.5. The predicted molar refractivity (Wildman–Crippen MR) is 155 cm³/mol. The van der Waals surface area contributed by atoms with Gasteiger partial charge in [-0.3, -0.25) is 10.4 Å². The molecule has 0 amide bonds. The normalized spacial score (nSPS) is 15.0. The molecule has 2 aliphatic heterocycles. The van der Waals surface area contributed by atoms with E-state index in [1.165, 1.54) is 60.7 Å². The van der Waals surface area contributed by atoms with Crippen molar-refractivity contribution in [2.24, 2.45) is 0 Å². The molecule has 4 N–H and O–H groups in total. The van der Waals surface area contributed by atoms with Gasteiger partial charge in [0.2, 0.25) is 0 Å². The highest BCUT2D eigenvalue weighted by atomic mass is 16.8. The van der Waals surface area contributed by atoms with Crippen LogP contribution in [0.25, 0.3) is 34.4 Å². The Morgan fingerprint density at radius 2 is 1.02 bits per heavy atom. The highest BCUT2D eigenvalue weighted by Gasteiger charge is 2.24. The standard InChI is InChI=1S/C30H18N2O12/c33-15-1-7-19(25(11-15)31(37)38)23-13-41-29(35)21-9-5-17(43-27(21)23)3-4-18-6-10-22-28(44-18)24(14-42-30(22)36)20-8-2-16(34)12-26(20)32(39)40/h1-14,33-34,37,39H/q-2. The number of hydrogen-bond acceptors (Lipinski definition) is 14. The zero-order valence-electron chi connectivity index (χ0n) is 22.0. The number of ether oxygens (including phenoxy) is 2. The SMILES string of the molecule is O=c1occ(-c2ccc(O)cc2N([O-])O)c2c1C=CC(=CC=C1C=Cc3c(c(-c4ccc(O)cc4N([O-])O)coc3=O)O1)O2. The van der Waals surface area contributed by atoms with Crippen molar-refractivity contribution in [1.82, 2.24) is 0 Å². The van der Waals surface area contributed by atoms with Gasteiger partial charge in [-0.15, -0.1) is 0 Å². The molecule has 0 bridgehead atoms. The lowest BCUT2D eigenvalue weighted by molar-refractivity contribution is 0.296. The van der Waals surface area contributed by atoms with E-state index in [9.17, 15) is 40.6 Å². The number of rotatable bonds is 5. The Labute approximate surface area is 245 Å². The molecule has 2 aliphatic rings. The highest BCUT2D eigenvalue weighted by Crippen LogP contribution is 2.43. The van der Waals surface area contributed by atoms with Gasteiger partial charge in [0.1, 0.15) is 46.7 Å². The third kappa shape index (κ3) is 5.08. The summed E-state index contributed by atoms with van der Waals surface area (Å²) >= 11 is 0. The summed E-state index contributed by atoms with van der Waals surface area (Å²) in [6, 6.07) is 7.27. The van der Waals surface area contributed by atoms with E-state index in [4.69, 9.17) is 18.3 Å². The van der Waals surface area contributed by atoms with E-state index in [0.717, 1.165) is 24.7 Å². The zero-order valence-corrected chi connectivity index (χ0v) is 22.0. The fraction of sp³-hybridized carbons (Fsp3) is 0. The molecule has 2 aromatic carbocycles. The Bertz CT molecular complexity index is 1900. The molecule has 0 saturated carbocycles. The van der Waals surface area contributed by atoms with Crippen LogP contribution in [0, 0.1) is 10.4 Å². The van der Waals surface area contributed by atoms with Gasteiger partial charge in [0.15, 0.2) is 11.5 Å². The van der Waals surface area contributed by atoms with Crippen molar-refractivity contribution in [1.29, 1.82) is 0 Å². The number of anilines is 2. The van der Waals surface area contributed by atoms with E-state index in [2.05, 4.69) is 0 Å². The highest BCUT2D eigenvalue weighted by molar-refractivity contribution is 5.86. The first-order chi connectivity index (χ1) is 21.1. The van der Waals surface area contributed by atoms with E-state index in [-0.39, 0.29) is 79.3 Å². The van der Waals surface area contributed by atoms with Crippen LogP contribution in [-0.4, -0.2) is 20.6 Å². The largest absolute Gasteiger partial charge is 0.733 e. The molecule has 2 aromatic heterocycles. The number of aromatic hydroxyl groups is 2. The minimum absolute atomic E-state index is 0.0126. The first-order valence-electron chi connectivity index (χ1n) is 12.5. The van der Waals surface area contributed by atoms with Gasteiger partial charge >= 0.3 is 11.3 Å². The third-order valence-corrected chi connectivity index (χ3v) is 6.62. The fourth-order valence-electron chi connectivity index (χ4n) is 4.60. The smallest absolute Gasteiger partial charge is 0.346 e. The average Bonchev–Trinajstić information content (AvgIpc) is 3.00. The first kappa shape index (κ1) is 28.1. The van der Waals surface area contributed by atoms with Crippen LogP contribution in [0.4, 0.5) is 11.4 Å². The molecule has 0 atom stereocenters. The molecule has 0 saturated heterocycles. The lowest BCUT2D eigenvalue weighted by atomic mass is 10.0. The Balaban J connectivity index is 1.37. The maximum atomic E-state index is 12.4. The summed E-state index contributed by atoms with van der Waals surface area (Å²) in [5.41, 5.74) is -1.59. The van der Waals surface area contributed by atoms with Crippen LogP contribution in [-0.2, 0) is 0 Å². The van der Waals surface area contributed by atoms with E-state index in [1.54, 1.807) is 0 Å². The molecular weight excluding hydrogens is 580 g/mol. The Kier molecular flexibility index (Phi) is 7.00. The summed E-state index contributed by atoms with van der Waals surface area (Å²) in [5.74, 6) is -0.136. The van der Waals surface area contributed by atoms with Crippen LogP contribution in [0.3, 0.4) is 0 Å². The summed E-state index contributed by atoms with van der Waals surface area (Å²) < 4.78 is 22.1. The monoisotopic (exact) mass is 598 g/mol. The second-order valence-electron chi connectivity index (χ2n) is 9.32. The minimum Gasteiger partial charge on any atom is -0.733 e. The summed E-state index contributed by atoms with van der Waals surface area (Å²) in [6.07, 6.45) is 10.9. The van der Waals surface area contributed by atoms with Gasteiger partial charge in [0.25, 0.3) is 0 Å². The molecule has 222 valence electrons. The Hall–Kier alpha value is -6.06. The molecule has 44 heavy (non-hydrogen) atoms. The summed E-state index contributed by atoms with van der Waals surface area (Å²) in [6.45, 7) is 0. The van der Waals surface area contributed by atoms with E-state index in [1.807, 2.05) is 0 Å². The molecule has 0 radical (unpaired) electrons. The van der Waals surface area contributed by atoms with Gasteiger partial charge in [-0.2, -0.15) is 0 Å². The van der Waals surface area contributed by atoms with Gasteiger partial charge in [-0.1, -0.05) is 0 Å². The maximum absolute atomic E-state index is 12.4. The van der Waals surface area contributed by atoms with Gasteiger partial charge in [0, 0.05) is 23.3 Å². The second kappa shape index (κ2) is 11.0. The number of allylic oxidation sites excluding steroid dienone is 4. The number of benzene rings is 2. The average molecular weight is 598 g/mol. The van der Waals surface area contributed by atoms with Crippen LogP contribution < -0.4 is 31.2 Å². The quantitative estimate of drug-likeness (QED) is 0.223. The van der Waals surface area contributed by atoms with Gasteiger partial charge in [-0.25, -0.2) is 9.59 Å². The van der Waals surface area contributed by atoms with E-state index >= 15 is 0 Å². The molecule has 14 nitrogen and oxygen atoms in total. The summed E-state index contributed by atoms with van der Waals surface area (Å²) in [4.78, 5) is 24.8. The third-order valence-electron chi connectivity index (χ3n) is 6.62. The molecular formula is C30H18N2O12-2. The Morgan fingerprint density at radius 1 is 0.614 bits per heavy atom. The van der Waals surface area contributed by atoms with Gasteiger partial charge in [-0.05, 0) is 60.7 Å². The molecule has 0 unspecified atom stereocenters. The van der Waals surface area contributed by atoms with Crippen LogP contribution in [0.2, 0.25) is 0 Å². The van der Waals surface area contributed by atoms with Gasteiger partial charge in [0.05, 0.1) is 22.5 Å². The number of phenols is 2. The molecule has 4 aromatic rings. The lowest BCUT2D eigenvalue weighted by Gasteiger charge is -2.26. The fourth-order valence-corrected chi connectivity index (χ4v) is 4.60. The van der Waals surface area contributed by atoms with Crippen molar-refractivity contribution in [3.63, 3.8) is 0 Å². The van der Waals surface area contributed by atoms with Crippen molar-refractivity contribution in [2.75, 3.05) is 10.5 Å².